The first kappa shape index (κ1) is 13.1. The van der Waals surface area contributed by atoms with Crippen molar-refractivity contribution in [2.45, 2.75) is 13.1 Å². The van der Waals surface area contributed by atoms with Crippen LogP contribution in [0.2, 0.25) is 0 Å². The standard InChI is InChI=1S/C14H9F3N2/c1-9-4-5-19-8-13(9)12-6-11(14(15,16)17)3-2-10(12)7-18/h2-6,8H,1H3. The molecule has 1 aromatic carbocycles. The highest BCUT2D eigenvalue weighted by molar-refractivity contribution is 5.73. The highest BCUT2D eigenvalue weighted by atomic mass is 19.4. The van der Waals surface area contributed by atoms with E-state index < -0.39 is 11.7 Å². The number of halogens is 3. The van der Waals surface area contributed by atoms with Crippen LogP contribution in [0.25, 0.3) is 11.1 Å². The molecule has 1 heterocycles. The molecule has 0 aliphatic carbocycles. The molecule has 5 heteroatoms. The van der Waals surface area contributed by atoms with Crippen LogP contribution in [0.1, 0.15) is 16.7 Å². The van der Waals surface area contributed by atoms with E-state index >= 15 is 0 Å². The zero-order valence-corrected chi connectivity index (χ0v) is 9.99. The van der Waals surface area contributed by atoms with E-state index in [2.05, 4.69) is 4.98 Å². The molecule has 0 fully saturated rings. The third kappa shape index (κ3) is 2.58. The summed E-state index contributed by atoms with van der Waals surface area (Å²) in [5.74, 6) is 0. The number of aryl methyl sites for hydroxylation is 1. The van der Waals surface area contributed by atoms with Gasteiger partial charge in [-0.1, -0.05) is 0 Å². The summed E-state index contributed by atoms with van der Waals surface area (Å²) in [6, 6.07) is 6.68. The fourth-order valence-electron chi connectivity index (χ4n) is 1.79. The van der Waals surface area contributed by atoms with Gasteiger partial charge in [0.25, 0.3) is 0 Å². The second-order valence-electron chi connectivity index (χ2n) is 4.06. The summed E-state index contributed by atoms with van der Waals surface area (Å²) in [5.41, 5.74) is 0.979. The number of alkyl halides is 3. The molecule has 1 aromatic heterocycles. The lowest BCUT2D eigenvalue weighted by Crippen LogP contribution is -2.05. The minimum absolute atomic E-state index is 0.198. The summed E-state index contributed by atoms with van der Waals surface area (Å²) in [7, 11) is 0. The second-order valence-corrected chi connectivity index (χ2v) is 4.06. The van der Waals surface area contributed by atoms with E-state index in [-0.39, 0.29) is 11.1 Å². The summed E-state index contributed by atoms with van der Waals surface area (Å²) in [6.07, 6.45) is -1.41. The zero-order valence-electron chi connectivity index (χ0n) is 9.99. The van der Waals surface area contributed by atoms with Crippen molar-refractivity contribution in [3.8, 4) is 17.2 Å². The lowest BCUT2D eigenvalue weighted by Gasteiger charge is -2.11. The van der Waals surface area contributed by atoms with E-state index in [0.29, 0.717) is 5.56 Å². The number of aromatic nitrogens is 1. The van der Waals surface area contributed by atoms with Gasteiger partial charge in [-0.05, 0) is 36.8 Å². The van der Waals surface area contributed by atoms with Crippen molar-refractivity contribution in [1.82, 2.24) is 4.98 Å². The summed E-state index contributed by atoms with van der Waals surface area (Å²) >= 11 is 0. The highest BCUT2D eigenvalue weighted by Crippen LogP contribution is 2.34. The molecule has 2 rings (SSSR count). The third-order valence-corrected chi connectivity index (χ3v) is 2.80. The minimum Gasteiger partial charge on any atom is -0.264 e. The van der Waals surface area contributed by atoms with E-state index in [1.54, 1.807) is 19.2 Å². The maximum Gasteiger partial charge on any atom is 0.416 e. The second kappa shape index (κ2) is 4.73. The third-order valence-electron chi connectivity index (χ3n) is 2.80. The first-order chi connectivity index (χ1) is 8.93. The number of hydrogen-bond donors (Lipinski definition) is 0. The van der Waals surface area contributed by atoms with Crippen LogP contribution in [-0.2, 0) is 6.18 Å². The molecule has 19 heavy (non-hydrogen) atoms. The van der Waals surface area contributed by atoms with Crippen molar-refractivity contribution in [2.24, 2.45) is 0 Å². The number of hydrogen-bond acceptors (Lipinski definition) is 2. The Labute approximate surface area is 108 Å². The van der Waals surface area contributed by atoms with E-state index in [1.807, 2.05) is 6.07 Å². The van der Waals surface area contributed by atoms with Gasteiger partial charge in [0.15, 0.2) is 0 Å². The molecule has 0 bridgehead atoms. The summed E-state index contributed by atoms with van der Waals surface area (Å²) in [6.45, 7) is 1.76. The van der Waals surface area contributed by atoms with E-state index in [4.69, 9.17) is 5.26 Å². The molecule has 0 radical (unpaired) electrons. The lowest BCUT2D eigenvalue weighted by molar-refractivity contribution is -0.137. The average molecular weight is 262 g/mol. The number of rotatable bonds is 1. The van der Waals surface area contributed by atoms with Gasteiger partial charge in [-0.3, -0.25) is 4.98 Å². The van der Waals surface area contributed by atoms with Crippen LogP contribution in [0, 0.1) is 18.3 Å². The first-order valence-corrected chi connectivity index (χ1v) is 5.46. The van der Waals surface area contributed by atoms with Crippen LogP contribution >= 0.6 is 0 Å². The average Bonchev–Trinajstić information content (AvgIpc) is 2.37. The molecule has 2 nitrogen and oxygen atoms in total. The van der Waals surface area contributed by atoms with Crippen molar-refractivity contribution in [2.75, 3.05) is 0 Å². The first-order valence-electron chi connectivity index (χ1n) is 5.46. The molecular formula is C14H9F3N2. The molecule has 0 saturated heterocycles. The molecule has 0 unspecified atom stereocenters. The van der Waals surface area contributed by atoms with E-state index in [9.17, 15) is 13.2 Å². The van der Waals surface area contributed by atoms with Gasteiger partial charge in [-0.25, -0.2) is 0 Å². The van der Waals surface area contributed by atoms with Crippen molar-refractivity contribution < 1.29 is 13.2 Å². The monoisotopic (exact) mass is 262 g/mol. The Balaban J connectivity index is 2.68. The van der Waals surface area contributed by atoms with Gasteiger partial charge >= 0.3 is 6.18 Å². The van der Waals surface area contributed by atoms with E-state index in [0.717, 1.165) is 17.7 Å². The maximum absolute atomic E-state index is 12.7. The molecule has 0 amide bonds. The molecule has 0 atom stereocenters. The van der Waals surface area contributed by atoms with Gasteiger partial charge in [-0.15, -0.1) is 0 Å². The normalized spacial score (nSPS) is 11.1. The summed E-state index contributed by atoms with van der Waals surface area (Å²) in [5, 5.41) is 9.01. The van der Waals surface area contributed by atoms with Crippen molar-refractivity contribution in [3.05, 3.63) is 53.3 Å². The Hall–Kier alpha value is -2.35. The fraction of sp³-hybridized carbons (Fsp3) is 0.143. The molecule has 0 aliphatic heterocycles. The summed E-state index contributed by atoms with van der Waals surface area (Å²) in [4.78, 5) is 3.90. The van der Waals surface area contributed by atoms with Gasteiger partial charge in [0.1, 0.15) is 0 Å². The van der Waals surface area contributed by atoms with Crippen molar-refractivity contribution in [3.63, 3.8) is 0 Å². The SMILES string of the molecule is Cc1ccncc1-c1cc(C(F)(F)F)ccc1C#N. The van der Waals surface area contributed by atoms with Crippen molar-refractivity contribution in [1.29, 1.82) is 5.26 Å². The van der Waals surface area contributed by atoms with Gasteiger partial charge in [0, 0.05) is 23.5 Å². The topological polar surface area (TPSA) is 36.7 Å². The Morgan fingerprint density at radius 3 is 2.47 bits per heavy atom. The predicted octanol–water partition coefficient (Wildman–Crippen LogP) is 3.95. The van der Waals surface area contributed by atoms with Crippen LogP contribution in [0.5, 0.6) is 0 Å². The van der Waals surface area contributed by atoms with Gasteiger partial charge in [0.05, 0.1) is 17.2 Å². The predicted molar refractivity (Wildman–Crippen MR) is 64.1 cm³/mol. The van der Waals surface area contributed by atoms with Gasteiger partial charge < -0.3 is 0 Å². The van der Waals surface area contributed by atoms with E-state index in [1.165, 1.54) is 12.3 Å². The molecule has 0 spiro atoms. The Morgan fingerprint density at radius 1 is 1.16 bits per heavy atom. The molecule has 0 aliphatic rings. The molecule has 96 valence electrons. The highest BCUT2D eigenvalue weighted by Gasteiger charge is 2.31. The quantitative estimate of drug-likeness (QED) is 0.780. The Kier molecular flexibility index (Phi) is 3.26. The van der Waals surface area contributed by atoms with Gasteiger partial charge in [0.2, 0.25) is 0 Å². The fourth-order valence-corrected chi connectivity index (χ4v) is 1.79. The van der Waals surface area contributed by atoms with Crippen LogP contribution in [0.3, 0.4) is 0 Å². The zero-order chi connectivity index (χ0) is 14.0. The number of nitrogens with zero attached hydrogens (tertiary/aromatic N) is 2. The lowest BCUT2D eigenvalue weighted by atomic mass is 9.96. The Morgan fingerprint density at radius 2 is 1.89 bits per heavy atom. The largest absolute Gasteiger partial charge is 0.416 e. The Bertz CT molecular complexity index is 654. The molecule has 0 saturated carbocycles. The van der Waals surface area contributed by atoms with Crippen LogP contribution < -0.4 is 0 Å². The van der Waals surface area contributed by atoms with Crippen LogP contribution in [-0.4, -0.2) is 4.98 Å². The smallest absolute Gasteiger partial charge is 0.264 e. The molecule has 0 N–H and O–H groups in total. The maximum atomic E-state index is 12.7. The molecule has 2 aromatic rings. The summed E-state index contributed by atoms with van der Waals surface area (Å²) < 4.78 is 38.2. The number of nitriles is 1. The minimum atomic E-state index is -4.43. The van der Waals surface area contributed by atoms with Crippen LogP contribution in [0.4, 0.5) is 13.2 Å². The van der Waals surface area contributed by atoms with Gasteiger partial charge in [-0.2, -0.15) is 18.4 Å². The number of pyridine rings is 1. The number of benzene rings is 1. The van der Waals surface area contributed by atoms with Crippen LogP contribution in [0.15, 0.2) is 36.7 Å². The molecular weight excluding hydrogens is 253 g/mol. The van der Waals surface area contributed by atoms with Crippen molar-refractivity contribution >= 4 is 0 Å².